The van der Waals surface area contributed by atoms with Crippen molar-refractivity contribution in [2.24, 2.45) is 5.41 Å². The molecule has 114 valence electrons. The van der Waals surface area contributed by atoms with Gasteiger partial charge in [-0.1, -0.05) is 31.5 Å². The van der Waals surface area contributed by atoms with E-state index in [4.69, 9.17) is 4.74 Å². The Labute approximate surface area is 126 Å². The predicted octanol–water partition coefficient (Wildman–Crippen LogP) is 4.16. The Morgan fingerprint density at radius 3 is 2.67 bits per heavy atom. The average molecular weight is 288 g/mol. The fourth-order valence-corrected chi connectivity index (χ4v) is 3.04. The second kappa shape index (κ2) is 6.88. The van der Waals surface area contributed by atoms with Crippen LogP contribution >= 0.6 is 0 Å². The zero-order valence-electron chi connectivity index (χ0n) is 12.9. The summed E-state index contributed by atoms with van der Waals surface area (Å²) in [4.78, 5) is 24.7. The highest BCUT2D eigenvalue weighted by Crippen LogP contribution is 2.42. The number of esters is 1. The van der Waals surface area contributed by atoms with Gasteiger partial charge in [0.25, 0.3) is 0 Å². The van der Waals surface area contributed by atoms with E-state index in [0.717, 1.165) is 32.1 Å². The minimum Gasteiger partial charge on any atom is -0.458 e. The van der Waals surface area contributed by atoms with Crippen molar-refractivity contribution in [3.8, 4) is 0 Å². The topological polar surface area (TPSA) is 43.4 Å². The molecule has 0 radical (unpaired) electrons. The molecular formula is C18H24O3. The van der Waals surface area contributed by atoms with Crippen LogP contribution in [0.2, 0.25) is 0 Å². The lowest BCUT2D eigenvalue weighted by molar-refractivity contribution is -0.132. The SMILES string of the molecule is CCCCC(=O)[C@]1(C)CCC[C@@H]1OC(=O)c1ccccc1. The van der Waals surface area contributed by atoms with Gasteiger partial charge in [-0.3, -0.25) is 4.79 Å². The molecule has 1 aromatic carbocycles. The van der Waals surface area contributed by atoms with Crippen molar-refractivity contribution in [3.63, 3.8) is 0 Å². The Hall–Kier alpha value is -1.64. The van der Waals surface area contributed by atoms with Gasteiger partial charge in [0.1, 0.15) is 11.9 Å². The van der Waals surface area contributed by atoms with Crippen LogP contribution in [0.25, 0.3) is 0 Å². The summed E-state index contributed by atoms with van der Waals surface area (Å²) >= 11 is 0. The number of rotatable bonds is 6. The van der Waals surface area contributed by atoms with Gasteiger partial charge in [-0.2, -0.15) is 0 Å². The minimum absolute atomic E-state index is 0.243. The second-order valence-corrected chi connectivity index (χ2v) is 6.10. The molecule has 1 aromatic rings. The van der Waals surface area contributed by atoms with Gasteiger partial charge in [0.2, 0.25) is 0 Å². The van der Waals surface area contributed by atoms with Crippen molar-refractivity contribution >= 4 is 11.8 Å². The fraction of sp³-hybridized carbons (Fsp3) is 0.556. The molecule has 0 heterocycles. The Kier molecular flexibility index (Phi) is 5.16. The minimum atomic E-state index is -0.500. The van der Waals surface area contributed by atoms with E-state index in [9.17, 15) is 9.59 Å². The summed E-state index contributed by atoms with van der Waals surface area (Å²) in [6, 6.07) is 8.99. The summed E-state index contributed by atoms with van der Waals surface area (Å²) in [6.07, 6.45) is 4.78. The Morgan fingerprint density at radius 2 is 2.00 bits per heavy atom. The van der Waals surface area contributed by atoms with Gasteiger partial charge in [0, 0.05) is 6.42 Å². The summed E-state index contributed by atoms with van der Waals surface area (Å²) in [6.45, 7) is 4.04. The molecule has 3 nitrogen and oxygen atoms in total. The monoisotopic (exact) mass is 288 g/mol. The van der Waals surface area contributed by atoms with E-state index in [0.29, 0.717) is 12.0 Å². The smallest absolute Gasteiger partial charge is 0.338 e. The van der Waals surface area contributed by atoms with E-state index in [-0.39, 0.29) is 17.9 Å². The van der Waals surface area contributed by atoms with Gasteiger partial charge in [0.15, 0.2) is 0 Å². The molecule has 0 N–H and O–H groups in total. The number of carbonyl (C=O) groups excluding carboxylic acids is 2. The molecule has 1 saturated carbocycles. The lowest BCUT2D eigenvalue weighted by Gasteiger charge is -2.29. The third kappa shape index (κ3) is 3.52. The Balaban J connectivity index is 2.05. The molecule has 0 aliphatic heterocycles. The lowest BCUT2D eigenvalue weighted by Crippen LogP contribution is -2.38. The third-order valence-electron chi connectivity index (χ3n) is 4.53. The molecule has 1 aliphatic carbocycles. The summed E-state index contributed by atoms with van der Waals surface area (Å²) in [5.74, 6) is -0.0790. The van der Waals surface area contributed by atoms with E-state index in [1.165, 1.54) is 0 Å². The number of ether oxygens (including phenoxy) is 1. The molecule has 0 saturated heterocycles. The molecule has 2 rings (SSSR count). The van der Waals surface area contributed by atoms with E-state index >= 15 is 0 Å². The van der Waals surface area contributed by atoms with Crippen LogP contribution < -0.4 is 0 Å². The number of Topliss-reactive ketones (excluding diaryl/α,β-unsaturated/α-hetero) is 1. The molecular weight excluding hydrogens is 264 g/mol. The molecule has 1 aliphatic rings. The van der Waals surface area contributed by atoms with E-state index in [1.807, 2.05) is 25.1 Å². The number of ketones is 1. The number of hydrogen-bond acceptors (Lipinski definition) is 3. The first-order valence-corrected chi connectivity index (χ1v) is 7.87. The highest BCUT2D eigenvalue weighted by Gasteiger charge is 2.46. The Morgan fingerprint density at radius 1 is 1.29 bits per heavy atom. The first-order chi connectivity index (χ1) is 10.1. The molecule has 2 atom stereocenters. The molecule has 3 heteroatoms. The van der Waals surface area contributed by atoms with Gasteiger partial charge in [-0.05, 0) is 44.7 Å². The van der Waals surface area contributed by atoms with Crippen molar-refractivity contribution in [2.75, 3.05) is 0 Å². The van der Waals surface area contributed by atoms with E-state index in [2.05, 4.69) is 6.92 Å². The molecule has 0 bridgehead atoms. The first kappa shape index (κ1) is 15.7. The van der Waals surface area contributed by atoms with Gasteiger partial charge < -0.3 is 4.74 Å². The second-order valence-electron chi connectivity index (χ2n) is 6.10. The average Bonchev–Trinajstić information content (AvgIpc) is 2.88. The molecule has 0 amide bonds. The number of unbranched alkanes of at least 4 members (excludes halogenated alkanes) is 1. The normalized spacial score (nSPS) is 24.8. The van der Waals surface area contributed by atoms with Crippen LogP contribution in [-0.2, 0) is 9.53 Å². The van der Waals surface area contributed by atoms with Crippen molar-refractivity contribution in [1.82, 2.24) is 0 Å². The van der Waals surface area contributed by atoms with Crippen LogP contribution in [0.3, 0.4) is 0 Å². The predicted molar refractivity (Wildman–Crippen MR) is 82.1 cm³/mol. The van der Waals surface area contributed by atoms with Crippen LogP contribution in [0.5, 0.6) is 0 Å². The first-order valence-electron chi connectivity index (χ1n) is 7.87. The number of benzene rings is 1. The maximum atomic E-state index is 12.5. The van der Waals surface area contributed by atoms with Gasteiger partial charge in [0.05, 0.1) is 11.0 Å². The van der Waals surface area contributed by atoms with Crippen LogP contribution in [0, 0.1) is 5.41 Å². The van der Waals surface area contributed by atoms with Crippen LogP contribution in [0.15, 0.2) is 30.3 Å². The molecule has 0 spiro atoms. The van der Waals surface area contributed by atoms with Crippen molar-refractivity contribution in [1.29, 1.82) is 0 Å². The number of hydrogen-bond donors (Lipinski definition) is 0. The number of carbonyl (C=O) groups is 2. The highest BCUT2D eigenvalue weighted by molar-refractivity contribution is 5.90. The van der Waals surface area contributed by atoms with Crippen molar-refractivity contribution in [2.45, 2.75) is 58.5 Å². The summed E-state index contributed by atoms with van der Waals surface area (Å²) in [5, 5.41) is 0. The van der Waals surface area contributed by atoms with E-state index in [1.54, 1.807) is 12.1 Å². The maximum absolute atomic E-state index is 12.5. The largest absolute Gasteiger partial charge is 0.458 e. The third-order valence-corrected chi connectivity index (χ3v) is 4.53. The summed E-state index contributed by atoms with van der Waals surface area (Å²) < 4.78 is 5.65. The fourth-order valence-electron chi connectivity index (χ4n) is 3.04. The van der Waals surface area contributed by atoms with Crippen LogP contribution in [0.1, 0.15) is 62.7 Å². The molecule has 21 heavy (non-hydrogen) atoms. The van der Waals surface area contributed by atoms with Crippen molar-refractivity contribution in [3.05, 3.63) is 35.9 Å². The lowest BCUT2D eigenvalue weighted by atomic mass is 9.80. The summed E-state index contributed by atoms with van der Waals surface area (Å²) in [7, 11) is 0. The molecule has 0 aromatic heterocycles. The van der Waals surface area contributed by atoms with Gasteiger partial charge in [-0.25, -0.2) is 4.79 Å². The zero-order chi connectivity index (χ0) is 15.3. The molecule has 1 fully saturated rings. The molecule has 0 unspecified atom stereocenters. The van der Waals surface area contributed by atoms with Gasteiger partial charge in [-0.15, -0.1) is 0 Å². The zero-order valence-corrected chi connectivity index (χ0v) is 12.9. The van der Waals surface area contributed by atoms with Gasteiger partial charge >= 0.3 is 5.97 Å². The van der Waals surface area contributed by atoms with Crippen LogP contribution in [0.4, 0.5) is 0 Å². The quantitative estimate of drug-likeness (QED) is 0.738. The standard InChI is InChI=1S/C18H24O3/c1-3-4-11-15(19)18(2)13-8-12-16(18)21-17(20)14-9-6-5-7-10-14/h5-7,9-10,16H,3-4,8,11-13H2,1-2H3/t16-,18-/m0/s1. The van der Waals surface area contributed by atoms with E-state index < -0.39 is 5.41 Å². The summed E-state index contributed by atoms with van der Waals surface area (Å²) in [5.41, 5.74) is 0.0485. The van der Waals surface area contributed by atoms with Crippen molar-refractivity contribution < 1.29 is 14.3 Å². The van der Waals surface area contributed by atoms with Crippen LogP contribution in [-0.4, -0.2) is 17.9 Å². The Bertz CT molecular complexity index is 494. The maximum Gasteiger partial charge on any atom is 0.338 e. The highest BCUT2D eigenvalue weighted by atomic mass is 16.5.